The Bertz CT molecular complexity index is 579. The van der Waals surface area contributed by atoms with Gasteiger partial charge in [0, 0.05) is 17.8 Å². The Hall–Kier alpha value is -2.30. The zero-order valence-corrected chi connectivity index (χ0v) is 9.48. The largest absolute Gasteiger partial charge is 0.494 e. The van der Waals surface area contributed by atoms with Gasteiger partial charge in [-0.1, -0.05) is 0 Å². The molecule has 0 amide bonds. The normalized spacial score (nSPS) is 10.2. The smallest absolute Gasteiger partial charge is 0.197 e. The van der Waals surface area contributed by atoms with Gasteiger partial charge < -0.3 is 4.74 Å². The monoisotopic (exact) mass is 249 g/mol. The molecular weight excluding hydrogens is 240 g/mol. The number of hydrogen-bond acceptors (Lipinski definition) is 3. The first-order valence-electron chi connectivity index (χ1n) is 5.10. The van der Waals surface area contributed by atoms with Gasteiger partial charge in [-0.3, -0.25) is 9.78 Å². The lowest BCUT2D eigenvalue weighted by molar-refractivity contribution is 0.103. The number of rotatable bonds is 3. The van der Waals surface area contributed by atoms with Crippen LogP contribution in [-0.4, -0.2) is 17.9 Å². The number of carbonyl (C=O) groups is 1. The van der Waals surface area contributed by atoms with E-state index in [9.17, 15) is 13.6 Å². The first-order chi connectivity index (χ1) is 8.61. The quantitative estimate of drug-likeness (QED) is 0.785. The molecule has 1 heterocycles. The highest BCUT2D eigenvalue weighted by Gasteiger charge is 2.15. The van der Waals surface area contributed by atoms with E-state index in [2.05, 4.69) is 4.98 Å². The van der Waals surface area contributed by atoms with Crippen LogP contribution in [-0.2, 0) is 0 Å². The van der Waals surface area contributed by atoms with Gasteiger partial charge in [-0.05, 0) is 18.2 Å². The topological polar surface area (TPSA) is 39.2 Å². The number of methoxy groups -OCH3 is 1. The summed E-state index contributed by atoms with van der Waals surface area (Å²) < 4.78 is 31.1. The van der Waals surface area contributed by atoms with Crippen molar-refractivity contribution in [2.75, 3.05) is 7.11 Å². The first-order valence-corrected chi connectivity index (χ1v) is 5.10. The van der Waals surface area contributed by atoms with Gasteiger partial charge in [0.1, 0.15) is 17.4 Å². The van der Waals surface area contributed by atoms with Gasteiger partial charge in [0.05, 0.1) is 18.9 Å². The summed E-state index contributed by atoms with van der Waals surface area (Å²) in [5, 5.41) is 0. The van der Waals surface area contributed by atoms with Crippen LogP contribution >= 0.6 is 0 Å². The zero-order chi connectivity index (χ0) is 13.1. The van der Waals surface area contributed by atoms with E-state index in [1.54, 1.807) is 0 Å². The maximum Gasteiger partial charge on any atom is 0.197 e. The molecule has 1 aromatic heterocycles. The summed E-state index contributed by atoms with van der Waals surface area (Å²) in [6.45, 7) is 0. The molecular formula is C13H9F2NO2. The number of carbonyl (C=O) groups excluding carboxylic acids is 1. The van der Waals surface area contributed by atoms with Crippen LogP contribution in [0.15, 0.2) is 36.7 Å². The number of halogens is 2. The predicted molar refractivity (Wildman–Crippen MR) is 60.6 cm³/mol. The fraction of sp³-hybridized carbons (Fsp3) is 0.0769. The maximum absolute atomic E-state index is 13.1. The minimum absolute atomic E-state index is 0.0722. The summed E-state index contributed by atoms with van der Waals surface area (Å²) in [4.78, 5) is 15.9. The Kier molecular flexibility index (Phi) is 3.32. The van der Waals surface area contributed by atoms with Crippen LogP contribution in [0.25, 0.3) is 0 Å². The summed E-state index contributed by atoms with van der Waals surface area (Å²) in [6.07, 6.45) is 2.77. The van der Waals surface area contributed by atoms with E-state index < -0.39 is 17.4 Å². The van der Waals surface area contributed by atoms with Crippen LogP contribution in [0.1, 0.15) is 15.9 Å². The van der Waals surface area contributed by atoms with Gasteiger partial charge in [0.2, 0.25) is 0 Å². The molecule has 5 heteroatoms. The Labute approximate surface area is 102 Å². The van der Waals surface area contributed by atoms with Crippen molar-refractivity contribution in [1.29, 1.82) is 0 Å². The molecule has 0 saturated heterocycles. The van der Waals surface area contributed by atoms with Crippen LogP contribution < -0.4 is 4.74 Å². The van der Waals surface area contributed by atoms with Crippen molar-refractivity contribution in [2.45, 2.75) is 0 Å². The van der Waals surface area contributed by atoms with Crippen molar-refractivity contribution in [1.82, 2.24) is 4.98 Å². The lowest BCUT2D eigenvalue weighted by Gasteiger charge is -2.06. The highest BCUT2D eigenvalue weighted by molar-refractivity contribution is 6.10. The van der Waals surface area contributed by atoms with Gasteiger partial charge >= 0.3 is 0 Å². The summed E-state index contributed by atoms with van der Waals surface area (Å²) in [7, 11) is 1.39. The van der Waals surface area contributed by atoms with Crippen LogP contribution in [0, 0.1) is 11.6 Å². The minimum atomic E-state index is -0.800. The molecule has 0 unspecified atom stereocenters. The van der Waals surface area contributed by atoms with Crippen LogP contribution in [0.2, 0.25) is 0 Å². The van der Waals surface area contributed by atoms with Gasteiger partial charge in [0.15, 0.2) is 5.78 Å². The van der Waals surface area contributed by atoms with Gasteiger partial charge in [-0.25, -0.2) is 8.78 Å². The average molecular weight is 249 g/mol. The molecule has 0 saturated carbocycles. The number of pyridine rings is 1. The van der Waals surface area contributed by atoms with E-state index in [-0.39, 0.29) is 16.9 Å². The lowest BCUT2D eigenvalue weighted by atomic mass is 10.0. The Morgan fingerprint density at radius 3 is 2.50 bits per heavy atom. The molecule has 0 aliphatic heterocycles. The summed E-state index contributed by atoms with van der Waals surface area (Å²) in [5.74, 6) is -1.86. The molecule has 0 N–H and O–H groups in total. The third kappa shape index (κ3) is 2.34. The Morgan fingerprint density at radius 1 is 1.22 bits per heavy atom. The molecule has 0 fully saturated rings. The molecule has 2 rings (SSSR count). The SMILES string of the molecule is COc1cnccc1C(=O)c1cc(F)cc(F)c1. The number of nitrogens with zero attached hydrogens (tertiary/aromatic N) is 1. The second-order valence-electron chi connectivity index (χ2n) is 3.56. The number of benzene rings is 1. The molecule has 92 valence electrons. The second kappa shape index (κ2) is 4.91. The lowest BCUT2D eigenvalue weighted by Crippen LogP contribution is -2.05. The van der Waals surface area contributed by atoms with E-state index in [0.29, 0.717) is 6.07 Å². The van der Waals surface area contributed by atoms with E-state index in [4.69, 9.17) is 4.74 Å². The second-order valence-corrected chi connectivity index (χ2v) is 3.56. The molecule has 18 heavy (non-hydrogen) atoms. The van der Waals surface area contributed by atoms with Gasteiger partial charge in [-0.15, -0.1) is 0 Å². The van der Waals surface area contributed by atoms with Crippen LogP contribution in [0.3, 0.4) is 0 Å². The number of ketones is 1. The van der Waals surface area contributed by atoms with Crippen molar-refractivity contribution in [3.8, 4) is 5.75 Å². The van der Waals surface area contributed by atoms with Crippen molar-refractivity contribution in [3.63, 3.8) is 0 Å². The van der Waals surface area contributed by atoms with E-state index in [0.717, 1.165) is 12.1 Å². The van der Waals surface area contributed by atoms with E-state index >= 15 is 0 Å². The molecule has 1 aromatic carbocycles. The highest BCUT2D eigenvalue weighted by atomic mass is 19.1. The molecule has 0 bridgehead atoms. The zero-order valence-electron chi connectivity index (χ0n) is 9.48. The van der Waals surface area contributed by atoms with Crippen molar-refractivity contribution < 1.29 is 18.3 Å². The molecule has 2 aromatic rings. The summed E-state index contributed by atoms with van der Waals surface area (Å²) in [5.41, 5.74) is 0.134. The average Bonchev–Trinajstić information content (AvgIpc) is 2.36. The number of ether oxygens (including phenoxy) is 1. The minimum Gasteiger partial charge on any atom is -0.494 e. The fourth-order valence-electron chi connectivity index (χ4n) is 1.57. The molecule has 0 radical (unpaired) electrons. The summed E-state index contributed by atoms with van der Waals surface area (Å²) in [6, 6.07) is 4.10. The third-order valence-electron chi connectivity index (χ3n) is 2.37. The molecule has 0 spiro atoms. The Morgan fingerprint density at radius 2 is 1.89 bits per heavy atom. The molecule has 0 atom stereocenters. The molecule has 0 aliphatic rings. The fourth-order valence-corrected chi connectivity index (χ4v) is 1.57. The van der Waals surface area contributed by atoms with Crippen molar-refractivity contribution in [3.05, 3.63) is 59.4 Å². The van der Waals surface area contributed by atoms with Gasteiger partial charge in [0.25, 0.3) is 0 Å². The number of hydrogen-bond donors (Lipinski definition) is 0. The van der Waals surface area contributed by atoms with E-state index in [1.165, 1.54) is 25.6 Å². The highest BCUT2D eigenvalue weighted by Crippen LogP contribution is 2.20. The standard InChI is InChI=1S/C13H9F2NO2/c1-18-12-7-16-3-2-11(12)13(17)8-4-9(14)6-10(15)5-8/h2-7H,1H3. The Balaban J connectivity index is 2.47. The van der Waals surface area contributed by atoms with Crippen LogP contribution in [0.5, 0.6) is 5.75 Å². The number of aromatic nitrogens is 1. The maximum atomic E-state index is 13.1. The van der Waals surface area contributed by atoms with Crippen molar-refractivity contribution >= 4 is 5.78 Å². The molecule has 3 nitrogen and oxygen atoms in total. The predicted octanol–water partition coefficient (Wildman–Crippen LogP) is 2.60. The summed E-state index contributed by atoms with van der Waals surface area (Å²) >= 11 is 0. The van der Waals surface area contributed by atoms with Crippen LogP contribution in [0.4, 0.5) is 8.78 Å². The third-order valence-corrected chi connectivity index (χ3v) is 2.37. The first kappa shape index (κ1) is 12.2. The van der Waals surface area contributed by atoms with Crippen molar-refractivity contribution in [2.24, 2.45) is 0 Å². The molecule has 0 aliphatic carbocycles. The van der Waals surface area contributed by atoms with Gasteiger partial charge in [-0.2, -0.15) is 0 Å². The van der Waals surface area contributed by atoms with E-state index in [1.807, 2.05) is 0 Å².